The van der Waals surface area contributed by atoms with Crippen LogP contribution in [-0.4, -0.2) is 33.0 Å². The Morgan fingerprint density at radius 3 is 2.16 bits per heavy atom. The van der Waals surface area contributed by atoms with Crippen molar-refractivity contribution in [1.82, 2.24) is 15.3 Å². The largest absolute Gasteiger partial charge is 0.476 e. The Morgan fingerprint density at radius 1 is 1.05 bits per heavy atom. The van der Waals surface area contributed by atoms with Crippen LogP contribution in [0.5, 0.6) is 0 Å². The monoisotopic (exact) mass is 263 g/mol. The van der Waals surface area contributed by atoms with Gasteiger partial charge in [-0.2, -0.15) is 0 Å². The number of aromatic nitrogens is 2. The summed E-state index contributed by atoms with van der Waals surface area (Å²) < 4.78 is 0. The van der Waals surface area contributed by atoms with Gasteiger partial charge in [-0.1, -0.05) is 25.7 Å². The number of carbonyl (C=O) groups is 2. The molecule has 6 nitrogen and oxygen atoms in total. The normalized spacial score (nSPS) is 16.6. The van der Waals surface area contributed by atoms with Crippen LogP contribution in [0.4, 0.5) is 0 Å². The zero-order valence-electron chi connectivity index (χ0n) is 10.6. The van der Waals surface area contributed by atoms with Crippen molar-refractivity contribution in [2.45, 2.75) is 44.6 Å². The molecule has 1 aliphatic carbocycles. The molecule has 0 saturated heterocycles. The number of carbonyl (C=O) groups excluding carboxylic acids is 1. The van der Waals surface area contributed by atoms with E-state index in [4.69, 9.17) is 5.11 Å². The molecule has 1 fully saturated rings. The Hall–Kier alpha value is -1.98. The number of nitrogens with zero attached hydrogens (tertiary/aromatic N) is 2. The van der Waals surface area contributed by atoms with Crippen LogP contribution in [0.2, 0.25) is 0 Å². The molecule has 0 unspecified atom stereocenters. The molecule has 1 saturated carbocycles. The second-order valence-corrected chi connectivity index (χ2v) is 4.75. The zero-order valence-corrected chi connectivity index (χ0v) is 10.6. The highest BCUT2D eigenvalue weighted by Crippen LogP contribution is 2.17. The smallest absolute Gasteiger partial charge is 0.356 e. The third kappa shape index (κ3) is 3.74. The fourth-order valence-electron chi connectivity index (χ4n) is 2.24. The summed E-state index contributed by atoms with van der Waals surface area (Å²) in [5.41, 5.74) is 0.000244. The number of amides is 1. The lowest BCUT2D eigenvalue weighted by molar-refractivity contribution is 0.0689. The van der Waals surface area contributed by atoms with Gasteiger partial charge in [0, 0.05) is 6.04 Å². The van der Waals surface area contributed by atoms with Gasteiger partial charge in [-0.3, -0.25) is 4.79 Å². The van der Waals surface area contributed by atoms with Gasteiger partial charge in [-0.25, -0.2) is 14.8 Å². The average molecular weight is 263 g/mol. The maximum Gasteiger partial charge on any atom is 0.356 e. The summed E-state index contributed by atoms with van der Waals surface area (Å²) in [5.74, 6) is -1.43. The quantitative estimate of drug-likeness (QED) is 0.808. The summed E-state index contributed by atoms with van der Waals surface area (Å²) in [5, 5.41) is 11.6. The number of hydrogen-bond acceptors (Lipinski definition) is 4. The van der Waals surface area contributed by atoms with Crippen LogP contribution in [0.1, 0.15) is 59.5 Å². The van der Waals surface area contributed by atoms with Gasteiger partial charge in [-0.05, 0) is 12.8 Å². The van der Waals surface area contributed by atoms with Crippen molar-refractivity contribution < 1.29 is 14.7 Å². The molecule has 0 aliphatic heterocycles. The average Bonchev–Trinajstić information content (AvgIpc) is 2.67. The molecule has 1 aromatic heterocycles. The fraction of sp³-hybridized carbons (Fsp3) is 0.538. The summed E-state index contributed by atoms with van der Waals surface area (Å²) in [6, 6.07) is 0.191. The maximum atomic E-state index is 11.9. The topological polar surface area (TPSA) is 92.2 Å². The van der Waals surface area contributed by atoms with E-state index in [0.717, 1.165) is 31.9 Å². The minimum Gasteiger partial charge on any atom is -0.476 e. The standard InChI is InChI=1S/C13H17N3O3/c17-12(16-9-5-3-1-2-4-6-9)10-7-15-11(8-14-10)13(18)19/h7-9H,1-6H2,(H,16,17)(H,18,19). The lowest BCUT2D eigenvalue weighted by Gasteiger charge is -2.15. The highest BCUT2D eigenvalue weighted by Gasteiger charge is 2.17. The van der Waals surface area contributed by atoms with Gasteiger partial charge >= 0.3 is 5.97 Å². The lowest BCUT2D eigenvalue weighted by atomic mass is 10.1. The SMILES string of the molecule is O=C(O)c1cnc(C(=O)NC2CCCCCC2)cn1. The molecule has 102 valence electrons. The first kappa shape index (κ1) is 13.5. The van der Waals surface area contributed by atoms with Crippen LogP contribution in [0.15, 0.2) is 12.4 Å². The predicted molar refractivity (Wildman–Crippen MR) is 67.9 cm³/mol. The van der Waals surface area contributed by atoms with E-state index in [9.17, 15) is 9.59 Å². The van der Waals surface area contributed by atoms with Crippen molar-refractivity contribution in [2.24, 2.45) is 0 Å². The molecule has 1 amide bonds. The molecule has 1 heterocycles. The van der Waals surface area contributed by atoms with Crippen LogP contribution in [-0.2, 0) is 0 Å². The van der Waals surface area contributed by atoms with Crippen LogP contribution in [0.25, 0.3) is 0 Å². The summed E-state index contributed by atoms with van der Waals surface area (Å²) in [6.07, 6.45) is 9.00. The zero-order chi connectivity index (χ0) is 13.7. The second-order valence-electron chi connectivity index (χ2n) is 4.75. The van der Waals surface area contributed by atoms with Crippen LogP contribution >= 0.6 is 0 Å². The van der Waals surface area contributed by atoms with E-state index >= 15 is 0 Å². The van der Waals surface area contributed by atoms with Gasteiger partial charge in [-0.15, -0.1) is 0 Å². The van der Waals surface area contributed by atoms with Crippen molar-refractivity contribution in [3.8, 4) is 0 Å². The molecule has 1 aliphatic rings. The molecule has 0 aromatic carbocycles. The minimum atomic E-state index is -1.15. The number of aromatic carboxylic acids is 1. The summed E-state index contributed by atoms with van der Waals surface area (Å²) in [6.45, 7) is 0. The summed E-state index contributed by atoms with van der Waals surface area (Å²) >= 11 is 0. The molecule has 1 aromatic rings. The molecule has 0 radical (unpaired) electrons. The highest BCUT2D eigenvalue weighted by atomic mass is 16.4. The Labute approximate surface area is 111 Å². The van der Waals surface area contributed by atoms with Gasteiger partial charge in [0.2, 0.25) is 0 Å². The Morgan fingerprint density at radius 2 is 1.63 bits per heavy atom. The number of nitrogens with one attached hydrogen (secondary N) is 1. The number of hydrogen-bond donors (Lipinski definition) is 2. The first-order valence-corrected chi connectivity index (χ1v) is 6.53. The third-order valence-electron chi connectivity index (χ3n) is 3.29. The summed E-state index contributed by atoms with van der Waals surface area (Å²) in [4.78, 5) is 30.1. The van der Waals surface area contributed by atoms with E-state index in [1.165, 1.54) is 19.0 Å². The molecule has 2 rings (SSSR count). The number of carboxylic acid groups (broad SMARTS) is 1. The minimum absolute atomic E-state index is 0.161. The second kappa shape index (κ2) is 6.26. The van der Waals surface area contributed by atoms with E-state index in [0.29, 0.717) is 0 Å². The fourth-order valence-corrected chi connectivity index (χ4v) is 2.24. The Kier molecular flexibility index (Phi) is 4.43. The predicted octanol–water partition coefficient (Wildman–Crippen LogP) is 1.63. The van der Waals surface area contributed by atoms with Gasteiger partial charge in [0.15, 0.2) is 5.69 Å². The first-order valence-electron chi connectivity index (χ1n) is 6.53. The van der Waals surface area contributed by atoms with Crippen molar-refractivity contribution in [3.05, 3.63) is 23.8 Å². The molecule has 0 bridgehead atoms. The molecule has 0 spiro atoms. The van der Waals surface area contributed by atoms with E-state index in [1.807, 2.05) is 0 Å². The van der Waals surface area contributed by atoms with E-state index in [2.05, 4.69) is 15.3 Å². The van der Waals surface area contributed by atoms with Crippen molar-refractivity contribution >= 4 is 11.9 Å². The lowest BCUT2D eigenvalue weighted by Crippen LogP contribution is -2.35. The van der Waals surface area contributed by atoms with Gasteiger partial charge < -0.3 is 10.4 Å². The molecule has 0 atom stereocenters. The maximum absolute atomic E-state index is 11.9. The van der Waals surface area contributed by atoms with Crippen LogP contribution < -0.4 is 5.32 Å². The molecular formula is C13H17N3O3. The molecular weight excluding hydrogens is 246 g/mol. The van der Waals surface area contributed by atoms with Crippen molar-refractivity contribution in [3.63, 3.8) is 0 Å². The van der Waals surface area contributed by atoms with Crippen LogP contribution in [0, 0.1) is 0 Å². The van der Waals surface area contributed by atoms with Gasteiger partial charge in [0.05, 0.1) is 12.4 Å². The highest BCUT2D eigenvalue weighted by molar-refractivity contribution is 5.92. The van der Waals surface area contributed by atoms with E-state index in [1.54, 1.807) is 0 Å². The molecule has 19 heavy (non-hydrogen) atoms. The van der Waals surface area contributed by atoms with E-state index < -0.39 is 5.97 Å². The summed E-state index contributed by atoms with van der Waals surface area (Å²) in [7, 11) is 0. The van der Waals surface area contributed by atoms with Gasteiger partial charge in [0.25, 0.3) is 5.91 Å². The number of rotatable bonds is 3. The van der Waals surface area contributed by atoms with Crippen molar-refractivity contribution in [1.29, 1.82) is 0 Å². The third-order valence-corrected chi connectivity index (χ3v) is 3.29. The Balaban J connectivity index is 1.96. The van der Waals surface area contributed by atoms with Crippen molar-refractivity contribution in [2.75, 3.05) is 0 Å². The molecule has 6 heteroatoms. The van der Waals surface area contributed by atoms with Gasteiger partial charge in [0.1, 0.15) is 5.69 Å². The number of carboxylic acids is 1. The molecule has 2 N–H and O–H groups in total. The van der Waals surface area contributed by atoms with Crippen LogP contribution in [0.3, 0.4) is 0 Å². The first-order chi connectivity index (χ1) is 9.16. The van der Waals surface area contributed by atoms with E-state index in [-0.39, 0.29) is 23.3 Å². The Bertz CT molecular complexity index is 451.